The van der Waals surface area contributed by atoms with Gasteiger partial charge in [-0.25, -0.2) is 5.43 Å². The number of aromatic hydroxyl groups is 1. The average molecular weight is 428 g/mol. The Balaban J connectivity index is 1.72. The molecule has 0 aliphatic rings. The van der Waals surface area contributed by atoms with Crippen molar-refractivity contribution in [2.75, 3.05) is 0 Å². The summed E-state index contributed by atoms with van der Waals surface area (Å²) in [5, 5.41) is 26.3. The van der Waals surface area contributed by atoms with Crippen LogP contribution in [0.4, 0.5) is 5.69 Å². The predicted molar refractivity (Wildman–Crippen MR) is 106 cm³/mol. The van der Waals surface area contributed by atoms with Crippen LogP contribution in [0.5, 0.6) is 5.75 Å². The molecule has 2 N–H and O–H groups in total. The molecule has 0 atom stereocenters. The number of fused-ring (bicyclic) bond motifs is 1. The van der Waals surface area contributed by atoms with Gasteiger partial charge in [-0.2, -0.15) is 5.10 Å². The highest BCUT2D eigenvalue weighted by Crippen LogP contribution is 2.27. The van der Waals surface area contributed by atoms with E-state index in [0.29, 0.717) is 0 Å². The van der Waals surface area contributed by atoms with Crippen LogP contribution >= 0.6 is 15.9 Å². The summed E-state index contributed by atoms with van der Waals surface area (Å²) in [7, 11) is 0. The van der Waals surface area contributed by atoms with Gasteiger partial charge in [0.1, 0.15) is 5.75 Å². The summed E-state index contributed by atoms with van der Waals surface area (Å²) in [5.41, 5.74) is 3.18. The normalized spacial score (nSPS) is 11.0. The second-order valence-corrected chi connectivity index (χ2v) is 6.58. The highest BCUT2D eigenvalue weighted by molar-refractivity contribution is 9.10. The first-order valence-electron chi connectivity index (χ1n) is 7.91. The van der Waals surface area contributed by atoms with E-state index in [4.69, 9.17) is 0 Å². The summed E-state index contributed by atoms with van der Waals surface area (Å²) in [6.07, 6.45) is 1.28. The number of amides is 1. The van der Waals surface area contributed by atoms with Crippen molar-refractivity contribution in [3.05, 3.63) is 80.3 Å². The van der Waals surface area contributed by atoms with Crippen molar-refractivity contribution in [1.82, 2.24) is 5.43 Å². The van der Waals surface area contributed by atoms with E-state index < -0.39 is 4.92 Å². The van der Waals surface area contributed by atoms with Crippen LogP contribution in [0.1, 0.15) is 11.1 Å². The molecule has 7 nitrogen and oxygen atoms in total. The third kappa shape index (κ3) is 4.29. The standard InChI is InChI=1S/C19H14BrN3O4/c20-17-7-5-12(15-3-1-2-4-16(15)17)10-19(25)22-21-11-13-9-14(23(26)27)6-8-18(13)24/h1-9,11,24H,10H2,(H,22,25). The predicted octanol–water partition coefficient (Wildman–Crippen LogP) is 3.91. The lowest BCUT2D eigenvalue weighted by Crippen LogP contribution is -2.20. The number of carbonyl (C=O) groups excluding carboxylic acids is 1. The number of halogens is 1. The Morgan fingerprint density at radius 2 is 1.93 bits per heavy atom. The lowest BCUT2D eigenvalue weighted by molar-refractivity contribution is -0.384. The molecular formula is C19H14BrN3O4. The number of nitrogens with zero attached hydrogens (tertiary/aromatic N) is 2. The van der Waals surface area contributed by atoms with Crippen LogP contribution in [0.25, 0.3) is 10.8 Å². The van der Waals surface area contributed by atoms with Gasteiger partial charge in [-0.15, -0.1) is 0 Å². The maximum Gasteiger partial charge on any atom is 0.270 e. The first kappa shape index (κ1) is 18.5. The SMILES string of the molecule is O=C(Cc1ccc(Br)c2ccccc12)NN=Cc1cc([N+](=O)[O-])ccc1O. The smallest absolute Gasteiger partial charge is 0.270 e. The van der Waals surface area contributed by atoms with E-state index in [2.05, 4.69) is 26.5 Å². The van der Waals surface area contributed by atoms with Gasteiger partial charge in [-0.1, -0.05) is 46.3 Å². The molecule has 27 heavy (non-hydrogen) atoms. The largest absolute Gasteiger partial charge is 0.507 e. The van der Waals surface area contributed by atoms with E-state index in [1.165, 1.54) is 24.4 Å². The maximum atomic E-state index is 12.2. The van der Waals surface area contributed by atoms with Crippen LogP contribution in [0.2, 0.25) is 0 Å². The molecule has 0 bridgehead atoms. The molecule has 0 heterocycles. The molecule has 0 fully saturated rings. The zero-order chi connectivity index (χ0) is 19.4. The number of benzene rings is 3. The number of hydrazone groups is 1. The molecule has 0 aromatic heterocycles. The number of phenols is 1. The van der Waals surface area contributed by atoms with Gasteiger partial charge < -0.3 is 5.11 Å². The van der Waals surface area contributed by atoms with Crippen molar-refractivity contribution in [1.29, 1.82) is 0 Å². The van der Waals surface area contributed by atoms with Gasteiger partial charge in [0, 0.05) is 22.2 Å². The molecule has 8 heteroatoms. The summed E-state index contributed by atoms with van der Waals surface area (Å²) < 4.78 is 0.946. The second kappa shape index (κ2) is 7.96. The molecule has 1 amide bonds. The van der Waals surface area contributed by atoms with Crippen molar-refractivity contribution in [3.8, 4) is 5.75 Å². The molecule has 3 rings (SSSR count). The minimum absolute atomic E-state index is 0.117. The number of phenolic OH excluding ortho intramolecular Hbond substituents is 1. The number of nitro groups is 1. The Morgan fingerprint density at radius 1 is 1.19 bits per heavy atom. The van der Waals surface area contributed by atoms with Gasteiger partial charge >= 0.3 is 0 Å². The minimum Gasteiger partial charge on any atom is -0.507 e. The summed E-state index contributed by atoms with van der Waals surface area (Å²) in [6.45, 7) is 0. The zero-order valence-corrected chi connectivity index (χ0v) is 15.5. The number of nitrogens with one attached hydrogen (secondary N) is 1. The van der Waals surface area contributed by atoms with Crippen molar-refractivity contribution < 1.29 is 14.8 Å². The van der Waals surface area contributed by atoms with Gasteiger partial charge in [0.15, 0.2) is 0 Å². The number of nitro benzene ring substituents is 1. The third-order valence-corrected chi connectivity index (χ3v) is 4.62. The highest BCUT2D eigenvalue weighted by Gasteiger charge is 2.10. The minimum atomic E-state index is -0.575. The van der Waals surface area contributed by atoms with Crippen molar-refractivity contribution >= 4 is 44.5 Å². The Morgan fingerprint density at radius 3 is 2.67 bits per heavy atom. The van der Waals surface area contributed by atoms with E-state index in [1.54, 1.807) is 0 Å². The van der Waals surface area contributed by atoms with Crippen LogP contribution in [0.3, 0.4) is 0 Å². The van der Waals surface area contributed by atoms with Crippen LogP contribution in [0, 0.1) is 10.1 Å². The van der Waals surface area contributed by atoms with Gasteiger partial charge in [-0.05, 0) is 28.5 Å². The Labute approximate surface area is 162 Å². The Hall–Kier alpha value is -3.26. The van der Waals surface area contributed by atoms with Crippen molar-refractivity contribution in [2.45, 2.75) is 6.42 Å². The number of hydrogen-bond acceptors (Lipinski definition) is 5. The summed E-state index contributed by atoms with van der Waals surface area (Å²) >= 11 is 3.49. The third-order valence-electron chi connectivity index (χ3n) is 3.93. The molecule has 3 aromatic rings. The molecular weight excluding hydrogens is 414 g/mol. The fourth-order valence-electron chi connectivity index (χ4n) is 2.62. The topological polar surface area (TPSA) is 105 Å². The van der Waals surface area contributed by atoms with Gasteiger partial charge in [0.05, 0.1) is 17.6 Å². The van der Waals surface area contributed by atoms with Gasteiger partial charge in [0.2, 0.25) is 5.91 Å². The van der Waals surface area contributed by atoms with E-state index in [0.717, 1.165) is 20.8 Å². The lowest BCUT2D eigenvalue weighted by Gasteiger charge is -2.07. The average Bonchev–Trinajstić information content (AvgIpc) is 2.65. The van der Waals surface area contributed by atoms with Crippen LogP contribution in [-0.4, -0.2) is 22.2 Å². The Kier molecular flexibility index (Phi) is 5.46. The first-order valence-corrected chi connectivity index (χ1v) is 8.70. The quantitative estimate of drug-likeness (QED) is 0.365. The summed E-state index contributed by atoms with van der Waals surface area (Å²) in [5.74, 6) is -0.513. The lowest BCUT2D eigenvalue weighted by atomic mass is 10.0. The molecule has 136 valence electrons. The van der Waals surface area contributed by atoms with Crippen LogP contribution < -0.4 is 5.43 Å². The summed E-state index contributed by atoms with van der Waals surface area (Å²) in [6, 6.07) is 15.0. The highest BCUT2D eigenvalue weighted by atomic mass is 79.9. The number of rotatable bonds is 5. The van der Waals surface area contributed by atoms with E-state index >= 15 is 0 Å². The fraction of sp³-hybridized carbons (Fsp3) is 0.0526. The van der Waals surface area contributed by atoms with Crippen LogP contribution in [0.15, 0.2) is 64.2 Å². The van der Waals surface area contributed by atoms with E-state index in [9.17, 15) is 20.0 Å². The second-order valence-electron chi connectivity index (χ2n) is 5.72. The van der Waals surface area contributed by atoms with Crippen molar-refractivity contribution in [3.63, 3.8) is 0 Å². The van der Waals surface area contributed by atoms with Gasteiger partial charge in [0.25, 0.3) is 5.69 Å². The van der Waals surface area contributed by atoms with E-state index in [1.807, 2.05) is 36.4 Å². The van der Waals surface area contributed by atoms with Gasteiger partial charge in [-0.3, -0.25) is 14.9 Å². The molecule has 0 saturated heterocycles. The number of hydrogen-bond donors (Lipinski definition) is 2. The number of non-ortho nitro benzene ring substituents is 1. The monoisotopic (exact) mass is 427 g/mol. The zero-order valence-electron chi connectivity index (χ0n) is 13.9. The molecule has 0 radical (unpaired) electrons. The molecule has 0 spiro atoms. The fourth-order valence-corrected chi connectivity index (χ4v) is 3.10. The molecule has 0 aliphatic heterocycles. The number of carbonyl (C=O) groups is 1. The summed E-state index contributed by atoms with van der Waals surface area (Å²) in [4.78, 5) is 22.4. The molecule has 0 unspecified atom stereocenters. The maximum absolute atomic E-state index is 12.2. The molecule has 3 aromatic carbocycles. The van der Waals surface area contributed by atoms with E-state index in [-0.39, 0.29) is 29.3 Å². The Bertz CT molecular complexity index is 1070. The van der Waals surface area contributed by atoms with Crippen molar-refractivity contribution in [2.24, 2.45) is 5.10 Å². The molecule has 0 saturated carbocycles. The molecule has 0 aliphatic carbocycles. The first-order chi connectivity index (χ1) is 13.0. The van der Waals surface area contributed by atoms with Crippen LogP contribution in [-0.2, 0) is 11.2 Å².